The minimum Gasteiger partial charge on any atom is -0.481 e. The molecule has 1 aromatic carbocycles. The van der Waals surface area contributed by atoms with E-state index in [4.69, 9.17) is 5.11 Å². The fraction of sp³-hybridized carbons (Fsp3) is 0.556. The number of halogens is 1. The smallest absolute Gasteiger partial charge is 0.307 e. The zero-order chi connectivity index (χ0) is 19.7. The van der Waals surface area contributed by atoms with E-state index in [0.717, 1.165) is 12.8 Å². The third-order valence-electron chi connectivity index (χ3n) is 4.43. The van der Waals surface area contributed by atoms with Crippen LogP contribution in [0.1, 0.15) is 51.0 Å². The van der Waals surface area contributed by atoms with Crippen LogP contribution in [0.25, 0.3) is 0 Å². The lowest BCUT2D eigenvalue weighted by Gasteiger charge is -2.28. The molecule has 0 radical (unpaired) electrons. The predicted octanol–water partition coefficient (Wildman–Crippen LogP) is 4.11. The molecule has 0 fully saturated rings. The van der Waals surface area contributed by atoms with Crippen molar-refractivity contribution in [3.8, 4) is 0 Å². The highest BCUT2D eigenvalue weighted by molar-refractivity contribution is 7.58. The summed E-state index contributed by atoms with van der Waals surface area (Å²) in [7, 11) is -4.08. The predicted molar refractivity (Wildman–Crippen MR) is 95.9 cm³/mol. The molecule has 0 aliphatic heterocycles. The Morgan fingerprint density at radius 2 is 1.81 bits per heavy atom. The third-order valence-corrected chi connectivity index (χ3v) is 6.88. The van der Waals surface area contributed by atoms with E-state index in [1.807, 2.05) is 6.92 Å². The van der Waals surface area contributed by atoms with Gasteiger partial charge in [0, 0.05) is 12.1 Å². The SMILES string of the molecule is CCCCCC(C(CCC(=O)O)C(=O)O)P(=O)(O)Cc1ccccc1F. The zero-order valence-corrected chi connectivity index (χ0v) is 15.7. The first-order valence-electron chi connectivity index (χ1n) is 8.68. The van der Waals surface area contributed by atoms with Gasteiger partial charge >= 0.3 is 11.9 Å². The second-order valence-corrected chi connectivity index (χ2v) is 8.94. The number of carbonyl (C=O) groups is 2. The maximum atomic E-state index is 13.9. The quantitative estimate of drug-likeness (QED) is 0.367. The number of rotatable bonds is 12. The highest BCUT2D eigenvalue weighted by Gasteiger charge is 2.41. The molecule has 0 spiro atoms. The van der Waals surface area contributed by atoms with Crippen molar-refractivity contribution in [2.24, 2.45) is 5.92 Å². The normalized spacial score (nSPS) is 15.8. The molecule has 0 amide bonds. The van der Waals surface area contributed by atoms with E-state index >= 15 is 0 Å². The fourth-order valence-corrected chi connectivity index (χ4v) is 5.44. The van der Waals surface area contributed by atoms with Gasteiger partial charge in [0.2, 0.25) is 7.37 Å². The lowest BCUT2D eigenvalue weighted by molar-refractivity contribution is -0.143. The molecule has 0 bridgehead atoms. The maximum absolute atomic E-state index is 13.9. The zero-order valence-electron chi connectivity index (χ0n) is 14.8. The van der Waals surface area contributed by atoms with Crippen LogP contribution in [0.4, 0.5) is 4.39 Å². The van der Waals surface area contributed by atoms with Gasteiger partial charge in [-0.2, -0.15) is 0 Å². The highest BCUT2D eigenvalue weighted by atomic mass is 31.2. The van der Waals surface area contributed by atoms with Gasteiger partial charge in [-0.1, -0.05) is 44.4 Å². The van der Waals surface area contributed by atoms with Crippen LogP contribution in [0.15, 0.2) is 24.3 Å². The third kappa shape index (κ3) is 6.89. The summed E-state index contributed by atoms with van der Waals surface area (Å²) in [4.78, 5) is 33.1. The van der Waals surface area contributed by atoms with Crippen molar-refractivity contribution in [2.45, 2.75) is 57.3 Å². The summed E-state index contributed by atoms with van der Waals surface area (Å²) >= 11 is 0. The molecular formula is C18H26FO6P. The summed E-state index contributed by atoms with van der Waals surface area (Å²) in [5.41, 5.74) is -1.05. The van der Waals surface area contributed by atoms with Gasteiger partial charge in [-0.3, -0.25) is 14.2 Å². The Morgan fingerprint density at radius 1 is 1.15 bits per heavy atom. The van der Waals surface area contributed by atoms with Crippen LogP contribution < -0.4 is 0 Å². The lowest BCUT2D eigenvalue weighted by Crippen LogP contribution is -2.30. The van der Waals surface area contributed by atoms with E-state index in [-0.39, 0.29) is 18.4 Å². The summed E-state index contributed by atoms with van der Waals surface area (Å²) in [5, 5.41) is 18.3. The topological polar surface area (TPSA) is 112 Å². The fourth-order valence-electron chi connectivity index (χ4n) is 3.03. The van der Waals surface area contributed by atoms with Gasteiger partial charge in [0.1, 0.15) is 5.82 Å². The Kier molecular flexibility index (Phi) is 8.96. The van der Waals surface area contributed by atoms with Crippen LogP contribution in [0.3, 0.4) is 0 Å². The first kappa shape index (κ1) is 22.3. The highest BCUT2D eigenvalue weighted by Crippen LogP contribution is 2.55. The molecular weight excluding hydrogens is 362 g/mol. The number of hydrogen-bond acceptors (Lipinski definition) is 3. The van der Waals surface area contributed by atoms with Crippen LogP contribution in [0.2, 0.25) is 0 Å². The molecule has 3 atom stereocenters. The molecule has 0 saturated carbocycles. The van der Waals surface area contributed by atoms with Crippen molar-refractivity contribution in [3.05, 3.63) is 35.6 Å². The van der Waals surface area contributed by atoms with Crippen LogP contribution in [0, 0.1) is 11.7 Å². The van der Waals surface area contributed by atoms with Gasteiger partial charge < -0.3 is 15.1 Å². The Bertz CT molecular complexity index is 663. The molecule has 1 aromatic rings. The number of hydrogen-bond donors (Lipinski definition) is 3. The first-order valence-corrected chi connectivity index (χ1v) is 10.6. The summed E-state index contributed by atoms with van der Waals surface area (Å²) in [6.45, 7) is 1.95. The molecule has 0 aliphatic rings. The van der Waals surface area contributed by atoms with E-state index < -0.39 is 49.3 Å². The molecule has 0 aliphatic carbocycles. The van der Waals surface area contributed by atoms with Gasteiger partial charge in [-0.05, 0) is 24.5 Å². The maximum Gasteiger partial charge on any atom is 0.307 e. The number of carboxylic acids is 2. The van der Waals surface area contributed by atoms with Crippen LogP contribution in [-0.4, -0.2) is 32.7 Å². The molecule has 3 N–H and O–H groups in total. The van der Waals surface area contributed by atoms with E-state index in [1.54, 1.807) is 6.07 Å². The molecule has 0 aromatic heterocycles. The molecule has 0 heterocycles. The number of aliphatic carboxylic acids is 2. The van der Waals surface area contributed by atoms with Crippen molar-refractivity contribution in [3.63, 3.8) is 0 Å². The van der Waals surface area contributed by atoms with E-state index in [0.29, 0.717) is 6.42 Å². The first-order chi connectivity index (χ1) is 12.2. The second-order valence-electron chi connectivity index (χ2n) is 6.45. The van der Waals surface area contributed by atoms with E-state index in [1.165, 1.54) is 18.2 Å². The minimum absolute atomic E-state index is 0.0567. The Balaban J connectivity index is 3.11. The second kappa shape index (κ2) is 10.4. The van der Waals surface area contributed by atoms with E-state index in [2.05, 4.69) is 0 Å². The Morgan fingerprint density at radius 3 is 2.35 bits per heavy atom. The van der Waals surface area contributed by atoms with E-state index in [9.17, 15) is 28.5 Å². The standard InChI is InChI=1S/C18H26FO6P/c1-2-3-4-9-16(14(18(22)23)10-11-17(20)21)26(24,25)12-13-7-5-6-8-15(13)19/h5-8,14,16H,2-4,9-12H2,1H3,(H,20,21)(H,22,23)(H,24,25). The summed E-state index contributed by atoms with van der Waals surface area (Å²) in [6, 6.07) is 5.59. The average molecular weight is 388 g/mol. The summed E-state index contributed by atoms with van der Waals surface area (Å²) < 4.78 is 26.9. The van der Waals surface area contributed by atoms with Crippen LogP contribution >= 0.6 is 7.37 Å². The average Bonchev–Trinajstić information content (AvgIpc) is 2.55. The monoisotopic (exact) mass is 388 g/mol. The van der Waals surface area contributed by atoms with Crippen molar-refractivity contribution in [1.29, 1.82) is 0 Å². The Labute approximate surface area is 152 Å². The lowest BCUT2D eigenvalue weighted by atomic mass is 9.95. The minimum atomic E-state index is -4.08. The molecule has 3 unspecified atom stereocenters. The van der Waals surface area contributed by atoms with Crippen molar-refractivity contribution in [1.82, 2.24) is 0 Å². The van der Waals surface area contributed by atoms with Gasteiger partial charge in [-0.15, -0.1) is 0 Å². The number of unbranched alkanes of at least 4 members (excludes halogenated alkanes) is 2. The largest absolute Gasteiger partial charge is 0.481 e. The molecule has 8 heteroatoms. The molecule has 146 valence electrons. The number of carboxylic acid groups (broad SMARTS) is 2. The van der Waals surface area contributed by atoms with Crippen molar-refractivity contribution >= 4 is 19.3 Å². The van der Waals surface area contributed by atoms with Crippen molar-refractivity contribution in [2.75, 3.05) is 0 Å². The van der Waals surface area contributed by atoms with Crippen molar-refractivity contribution < 1.29 is 33.7 Å². The Hall–Kier alpha value is -1.72. The summed E-state index contributed by atoms with van der Waals surface area (Å²) in [6.07, 6.45) is 1.26. The van der Waals surface area contributed by atoms with Crippen LogP contribution in [0.5, 0.6) is 0 Å². The molecule has 1 rings (SSSR count). The van der Waals surface area contributed by atoms with Gasteiger partial charge in [0.15, 0.2) is 0 Å². The van der Waals surface area contributed by atoms with Gasteiger partial charge in [-0.25, -0.2) is 4.39 Å². The van der Waals surface area contributed by atoms with Gasteiger partial charge in [0.25, 0.3) is 0 Å². The molecule has 0 saturated heterocycles. The molecule has 26 heavy (non-hydrogen) atoms. The van der Waals surface area contributed by atoms with Crippen LogP contribution in [-0.2, 0) is 20.3 Å². The number of benzene rings is 1. The van der Waals surface area contributed by atoms with Gasteiger partial charge in [0.05, 0.1) is 12.1 Å². The summed E-state index contributed by atoms with van der Waals surface area (Å²) in [5.74, 6) is -4.34. The molecule has 6 nitrogen and oxygen atoms in total.